The Bertz CT molecular complexity index is 3560. The van der Waals surface area contributed by atoms with Crippen molar-refractivity contribution < 1.29 is 0 Å². The van der Waals surface area contributed by atoms with Gasteiger partial charge in [-0.15, -0.1) is 0 Å². The van der Waals surface area contributed by atoms with Gasteiger partial charge in [-0.1, -0.05) is 91.0 Å². The first-order valence-electron chi connectivity index (χ1n) is 20.4. The molecule has 6 aromatic carbocycles. The lowest BCUT2D eigenvalue weighted by molar-refractivity contribution is 1.07. The zero-order chi connectivity index (χ0) is 41.0. The van der Waals surface area contributed by atoms with E-state index in [0.717, 1.165) is 104 Å². The number of pyridine rings is 5. The topological polar surface area (TPSA) is 103 Å². The maximum Gasteiger partial charge on any atom is 0.164 e. The predicted molar refractivity (Wildman–Crippen MR) is 249 cm³/mol. The van der Waals surface area contributed by atoms with Crippen LogP contribution in [0.3, 0.4) is 0 Å². The molecule has 0 aliphatic heterocycles. The lowest BCUT2D eigenvalue weighted by Crippen LogP contribution is -2.01. The van der Waals surface area contributed by atoms with E-state index in [4.69, 9.17) is 34.9 Å². The van der Waals surface area contributed by atoms with Gasteiger partial charge < -0.3 is 0 Å². The van der Waals surface area contributed by atoms with Gasteiger partial charge in [-0.2, -0.15) is 0 Å². The summed E-state index contributed by atoms with van der Waals surface area (Å²) in [5.41, 5.74) is 12.1. The summed E-state index contributed by atoms with van der Waals surface area (Å²) in [6.07, 6.45) is 10.9. The van der Waals surface area contributed by atoms with E-state index < -0.39 is 0 Å². The van der Waals surface area contributed by atoms with Crippen LogP contribution in [-0.4, -0.2) is 39.9 Å². The quantitative estimate of drug-likeness (QED) is 0.153. The average molecular weight is 793 g/mol. The Balaban J connectivity index is 1.13. The minimum absolute atomic E-state index is 0.548. The van der Waals surface area contributed by atoms with Gasteiger partial charge in [0.1, 0.15) is 0 Å². The van der Waals surface area contributed by atoms with E-state index in [1.54, 1.807) is 6.20 Å². The number of benzene rings is 6. The Kier molecular flexibility index (Phi) is 8.31. The van der Waals surface area contributed by atoms with E-state index in [0.29, 0.717) is 17.5 Å². The second-order valence-corrected chi connectivity index (χ2v) is 15.3. The summed E-state index contributed by atoms with van der Waals surface area (Å²) < 4.78 is 0. The molecule has 0 N–H and O–H groups in total. The summed E-state index contributed by atoms with van der Waals surface area (Å²) in [7, 11) is 0. The van der Waals surface area contributed by atoms with Gasteiger partial charge in [0.05, 0.1) is 22.1 Å². The minimum atomic E-state index is 0.548. The van der Waals surface area contributed by atoms with Crippen LogP contribution in [0, 0.1) is 0 Å². The van der Waals surface area contributed by atoms with Gasteiger partial charge in [-0.3, -0.25) is 24.9 Å². The molecule has 0 radical (unpaired) electrons. The molecule has 0 aliphatic carbocycles. The van der Waals surface area contributed by atoms with E-state index in [2.05, 4.69) is 132 Å². The smallest absolute Gasteiger partial charge is 0.164 e. The van der Waals surface area contributed by atoms with E-state index in [9.17, 15) is 0 Å². The molecule has 0 fully saturated rings. The highest BCUT2D eigenvalue weighted by Gasteiger charge is 2.19. The first-order valence-corrected chi connectivity index (χ1v) is 20.4. The number of hydrogen-bond acceptors (Lipinski definition) is 8. The first kappa shape index (κ1) is 35.3. The highest BCUT2D eigenvalue weighted by molar-refractivity contribution is 6.12. The zero-order valence-corrected chi connectivity index (χ0v) is 33.1. The van der Waals surface area contributed by atoms with Crippen molar-refractivity contribution in [2.75, 3.05) is 0 Å². The highest BCUT2D eigenvalue weighted by Crippen LogP contribution is 2.41. The first-order chi connectivity index (χ1) is 30.7. The number of fused-ring (bicyclic) bond motifs is 7. The monoisotopic (exact) mass is 792 g/mol. The number of nitrogens with zero attached hydrogens (tertiary/aromatic N) is 8. The van der Waals surface area contributed by atoms with Crippen LogP contribution in [0.4, 0.5) is 0 Å². The van der Waals surface area contributed by atoms with Crippen LogP contribution in [0.1, 0.15) is 0 Å². The molecule has 0 unspecified atom stereocenters. The molecule has 8 nitrogen and oxygen atoms in total. The summed E-state index contributed by atoms with van der Waals surface area (Å²) in [6, 6.07) is 54.4. The minimum Gasteiger partial charge on any atom is -0.264 e. The fraction of sp³-hybridized carbons (Fsp3) is 0. The van der Waals surface area contributed by atoms with Crippen LogP contribution in [-0.2, 0) is 0 Å². The van der Waals surface area contributed by atoms with Crippen molar-refractivity contribution in [2.45, 2.75) is 0 Å². The molecule has 12 aromatic rings. The van der Waals surface area contributed by atoms with Crippen molar-refractivity contribution in [3.63, 3.8) is 0 Å². The van der Waals surface area contributed by atoms with Crippen molar-refractivity contribution in [1.82, 2.24) is 39.9 Å². The Morgan fingerprint density at radius 2 is 0.758 bits per heavy atom. The maximum atomic E-state index is 5.29. The van der Waals surface area contributed by atoms with E-state index in [1.807, 2.05) is 61.3 Å². The van der Waals surface area contributed by atoms with Gasteiger partial charge in [0.2, 0.25) is 0 Å². The molecule has 62 heavy (non-hydrogen) atoms. The van der Waals surface area contributed by atoms with Crippen molar-refractivity contribution >= 4 is 54.4 Å². The van der Waals surface area contributed by atoms with Crippen LogP contribution < -0.4 is 0 Å². The zero-order valence-electron chi connectivity index (χ0n) is 33.1. The Morgan fingerprint density at radius 3 is 1.37 bits per heavy atom. The molecule has 8 heteroatoms. The third kappa shape index (κ3) is 6.17. The van der Waals surface area contributed by atoms with E-state index in [1.165, 1.54) is 0 Å². The Labute approximate surface area is 355 Å². The summed E-state index contributed by atoms with van der Waals surface area (Å²) in [5, 5.41) is 6.26. The summed E-state index contributed by atoms with van der Waals surface area (Å²) in [4.78, 5) is 39.3. The van der Waals surface area contributed by atoms with Crippen molar-refractivity contribution in [2.24, 2.45) is 0 Å². The number of rotatable bonds is 6. The fourth-order valence-electron chi connectivity index (χ4n) is 8.54. The summed E-state index contributed by atoms with van der Waals surface area (Å²) in [6.45, 7) is 0. The van der Waals surface area contributed by atoms with Gasteiger partial charge in [-0.25, -0.2) is 15.0 Å². The van der Waals surface area contributed by atoms with E-state index >= 15 is 0 Å². The second-order valence-electron chi connectivity index (χ2n) is 15.3. The number of aromatic nitrogens is 8. The molecule has 288 valence electrons. The van der Waals surface area contributed by atoms with Crippen molar-refractivity contribution in [3.05, 3.63) is 195 Å². The van der Waals surface area contributed by atoms with Crippen molar-refractivity contribution in [1.29, 1.82) is 0 Å². The van der Waals surface area contributed by atoms with Crippen molar-refractivity contribution in [3.8, 4) is 67.5 Å². The molecule has 0 saturated carbocycles. The molecule has 0 atom stereocenters. The predicted octanol–water partition coefficient (Wildman–Crippen LogP) is 12.6. The highest BCUT2D eigenvalue weighted by atomic mass is 15.0. The van der Waals surface area contributed by atoms with Gasteiger partial charge in [0, 0.05) is 75.4 Å². The molecule has 0 aliphatic rings. The normalized spacial score (nSPS) is 11.5. The molecule has 0 saturated heterocycles. The number of hydrogen-bond donors (Lipinski definition) is 0. The standard InChI is InChI=1S/C54H32N8/c1-2-9-36-26-39(20-17-33(36)8-1)53-60-52(35-18-15-34(16-19-35)40-12-3-21-55-32-40)61-54(62-53)43-28-41(46-30-37-10-4-22-56-48(37)50-44(46)13-6-24-58-50)27-42(29-43)47-31-38-11-5-23-57-49(38)51-45(47)14-7-25-59-51/h1-32H. The second kappa shape index (κ2) is 14.6. The van der Waals surface area contributed by atoms with Crippen LogP contribution >= 0.6 is 0 Å². The molecule has 0 amide bonds. The largest absolute Gasteiger partial charge is 0.264 e. The Hall–Kier alpha value is -8.62. The summed E-state index contributed by atoms with van der Waals surface area (Å²) >= 11 is 0. The van der Waals surface area contributed by atoms with Gasteiger partial charge >= 0.3 is 0 Å². The molecular formula is C54H32N8. The third-order valence-corrected chi connectivity index (χ3v) is 11.5. The lowest BCUT2D eigenvalue weighted by Gasteiger charge is -2.16. The van der Waals surface area contributed by atoms with E-state index in [-0.39, 0.29) is 0 Å². The lowest BCUT2D eigenvalue weighted by atomic mass is 9.91. The summed E-state index contributed by atoms with van der Waals surface area (Å²) in [5.74, 6) is 1.70. The third-order valence-electron chi connectivity index (χ3n) is 11.5. The van der Waals surface area contributed by atoms with Crippen LogP contribution in [0.2, 0.25) is 0 Å². The average Bonchev–Trinajstić information content (AvgIpc) is 3.35. The molecule has 0 spiro atoms. The molecule has 6 aromatic heterocycles. The Morgan fingerprint density at radius 1 is 0.274 bits per heavy atom. The fourth-order valence-corrected chi connectivity index (χ4v) is 8.54. The van der Waals surface area contributed by atoms with Gasteiger partial charge in [0.25, 0.3) is 0 Å². The van der Waals surface area contributed by atoms with Gasteiger partial charge in [-0.05, 0) is 111 Å². The molecular weight excluding hydrogens is 761 g/mol. The molecule has 12 rings (SSSR count). The van der Waals surface area contributed by atoms with Crippen LogP contribution in [0.25, 0.3) is 122 Å². The van der Waals surface area contributed by atoms with Crippen LogP contribution in [0.5, 0.6) is 0 Å². The van der Waals surface area contributed by atoms with Gasteiger partial charge in [0.15, 0.2) is 17.5 Å². The maximum absolute atomic E-state index is 5.29. The molecule has 6 heterocycles. The van der Waals surface area contributed by atoms with Crippen LogP contribution in [0.15, 0.2) is 195 Å². The SMILES string of the molecule is c1cncc(-c2ccc(-c3nc(-c4cc(-c5cc6cccnc6c6ncccc56)cc(-c5cc6cccnc6c6ncccc56)c4)nc(-c4ccc5ccccc5c4)n3)cc2)c1. The molecule has 0 bridgehead atoms.